The summed E-state index contributed by atoms with van der Waals surface area (Å²) in [5.74, 6) is 0.389. The molecule has 30 heavy (non-hydrogen) atoms. The average molecular weight is 403 g/mol. The quantitative estimate of drug-likeness (QED) is 0.563. The van der Waals surface area contributed by atoms with Gasteiger partial charge in [-0.25, -0.2) is 19.3 Å². The number of aromatic nitrogens is 6. The van der Waals surface area contributed by atoms with Crippen LogP contribution in [0.25, 0.3) is 22.2 Å². The fraction of sp³-hybridized carbons (Fsp3) is 0.318. The smallest absolute Gasteiger partial charge is 0.275 e. The summed E-state index contributed by atoms with van der Waals surface area (Å²) < 4.78 is 3.31. The zero-order valence-corrected chi connectivity index (χ0v) is 17.8. The zero-order valence-electron chi connectivity index (χ0n) is 17.8. The van der Waals surface area contributed by atoms with E-state index in [2.05, 4.69) is 20.2 Å². The van der Waals surface area contributed by atoms with Crippen LogP contribution >= 0.6 is 0 Å². The Morgan fingerprint density at radius 1 is 1.10 bits per heavy atom. The third-order valence-corrected chi connectivity index (χ3v) is 5.22. The van der Waals surface area contributed by atoms with Crippen LogP contribution in [0.15, 0.2) is 47.7 Å². The van der Waals surface area contributed by atoms with Gasteiger partial charge in [-0.2, -0.15) is 10.2 Å². The fourth-order valence-corrected chi connectivity index (χ4v) is 3.73. The second kappa shape index (κ2) is 7.05. The Balaban J connectivity index is 1.99. The molecule has 0 saturated carbocycles. The number of aryl methyl sites for hydroxylation is 1. The molecule has 0 fully saturated rings. The van der Waals surface area contributed by atoms with Gasteiger partial charge in [0.25, 0.3) is 5.56 Å². The molecular formula is C22H25N7O. The Morgan fingerprint density at radius 2 is 1.80 bits per heavy atom. The Labute approximate surface area is 174 Å². The summed E-state index contributed by atoms with van der Waals surface area (Å²) in [6, 6.07) is 9.36. The molecule has 1 atom stereocenters. The van der Waals surface area contributed by atoms with E-state index in [9.17, 15) is 4.79 Å². The number of hydrogen-bond donors (Lipinski definition) is 1. The first-order valence-corrected chi connectivity index (χ1v) is 9.83. The molecule has 154 valence electrons. The monoisotopic (exact) mass is 403 g/mol. The van der Waals surface area contributed by atoms with Gasteiger partial charge in [-0.1, -0.05) is 30.3 Å². The maximum atomic E-state index is 13.5. The first-order chi connectivity index (χ1) is 14.2. The lowest BCUT2D eigenvalue weighted by Gasteiger charge is -2.24. The molecule has 3 aromatic heterocycles. The highest BCUT2D eigenvalue weighted by molar-refractivity contribution is 5.88. The van der Waals surface area contributed by atoms with Gasteiger partial charge in [0, 0.05) is 5.56 Å². The number of anilines is 1. The lowest BCUT2D eigenvalue weighted by molar-refractivity contribution is 0.337. The van der Waals surface area contributed by atoms with Crippen LogP contribution < -0.4 is 11.3 Å². The second-order valence-electron chi connectivity index (χ2n) is 8.39. The second-order valence-corrected chi connectivity index (χ2v) is 8.39. The van der Waals surface area contributed by atoms with Crippen molar-refractivity contribution >= 4 is 16.9 Å². The fourth-order valence-electron chi connectivity index (χ4n) is 3.73. The molecule has 8 heteroatoms. The third-order valence-electron chi connectivity index (χ3n) is 5.22. The van der Waals surface area contributed by atoms with Crippen molar-refractivity contribution in [3.8, 4) is 11.1 Å². The molecule has 8 nitrogen and oxygen atoms in total. The molecule has 0 spiro atoms. The highest BCUT2D eigenvalue weighted by Crippen LogP contribution is 2.31. The molecule has 0 aliphatic rings. The van der Waals surface area contributed by atoms with E-state index >= 15 is 0 Å². The van der Waals surface area contributed by atoms with Crippen LogP contribution in [0.5, 0.6) is 0 Å². The van der Waals surface area contributed by atoms with Gasteiger partial charge in [0.15, 0.2) is 5.65 Å². The van der Waals surface area contributed by atoms with E-state index in [1.165, 1.54) is 11.0 Å². The molecular weight excluding hydrogens is 378 g/mol. The molecule has 0 aliphatic carbocycles. The van der Waals surface area contributed by atoms with Crippen molar-refractivity contribution in [1.29, 1.82) is 0 Å². The molecule has 0 amide bonds. The first kappa shape index (κ1) is 19.8. The molecule has 0 saturated heterocycles. The van der Waals surface area contributed by atoms with Gasteiger partial charge in [0.2, 0.25) is 0 Å². The van der Waals surface area contributed by atoms with E-state index in [0.29, 0.717) is 17.0 Å². The average Bonchev–Trinajstić information content (AvgIpc) is 3.04. The van der Waals surface area contributed by atoms with Gasteiger partial charge in [0.1, 0.15) is 12.1 Å². The molecule has 0 aliphatic heterocycles. The summed E-state index contributed by atoms with van der Waals surface area (Å²) in [4.78, 5) is 22.0. The molecule has 1 aromatic carbocycles. The van der Waals surface area contributed by atoms with Crippen LogP contribution in [0.4, 0.5) is 5.82 Å². The number of nitrogens with zero attached hydrogens (tertiary/aromatic N) is 6. The Morgan fingerprint density at radius 3 is 2.47 bits per heavy atom. The van der Waals surface area contributed by atoms with E-state index < -0.39 is 5.54 Å². The third kappa shape index (κ3) is 3.14. The topological polar surface area (TPSA) is 105 Å². The molecule has 0 bridgehead atoms. The minimum absolute atomic E-state index is 0.139. The van der Waals surface area contributed by atoms with Crippen LogP contribution in [-0.4, -0.2) is 29.5 Å². The molecule has 0 radical (unpaired) electrons. The Kier molecular flexibility index (Phi) is 4.64. The number of hydrogen-bond acceptors (Lipinski definition) is 6. The number of nitrogens with two attached hydrogens (primary N) is 1. The van der Waals surface area contributed by atoms with E-state index in [1.807, 2.05) is 65.0 Å². The van der Waals surface area contributed by atoms with Gasteiger partial charge in [-0.05, 0) is 40.2 Å². The summed E-state index contributed by atoms with van der Waals surface area (Å²) in [7, 11) is 0. The standard InChI is InChI=1S/C22H25N7O/c1-13-17-19(23)24-12-25-20(17)28(27-13)14(2)16-11-26-29(22(3,4)5)21(30)18(16)15-9-7-6-8-10-15/h6-12,14H,1-5H3,(H2,23,24,25). The molecule has 3 heterocycles. The van der Waals surface area contributed by atoms with Crippen LogP contribution in [0, 0.1) is 6.92 Å². The molecule has 1 unspecified atom stereocenters. The van der Waals surface area contributed by atoms with Crippen molar-refractivity contribution in [2.24, 2.45) is 0 Å². The number of benzene rings is 1. The number of rotatable bonds is 3. The minimum atomic E-state index is -0.445. The van der Waals surface area contributed by atoms with Gasteiger partial charge in [0.05, 0.1) is 34.4 Å². The van der Waals surface area contributed by atoms with E-state index in [1.54, 1.807) is 10.9 Å². The van der Waals surface area contributed by atoms with E-state index in [0.717, 1.165) is 22.2 Å². The predicted octanol–water partition coefficient (Wildman–Crippen LogP) is 3.30. The Bertz CT molecular complexity index is 1280. The summed E-state index contributed by atoms with van der Waals surface area (Å²) in [5.41, 5.74) is 9.06. The predicted molar refractivity (Wildman–Crippen MR) is 117 cm³/mol. The largest absolute Gasteiger partial charge is 0.383 e. The number of nitrogen functional groups attached to an aromatic ring is 1. The van der Waals surface area contributed by atoms with Gasteiger partial charge in [-0.3, -0.25) is 4.79 Å². The van der Waals surface area contributed by atoms with Crippen molar-refractivity contribution in [1.82, 2.24) is 29.5 Å². The molecule has 2 N–H and O–H groups in total. The van der Waals surface area contributed by atoms with E-state index in [4.69, 9.17) is 5.73 Å². The maximum absolute atomic E-state index is 13.5. The highest BCUT2D eigenvalue weighted by Gasteiger charge is 2.26. The van der Waals surface area contributed by atoms with E-state index in [-0.39, 0.29) is 11.6 Å². The summed E-state index contributed by atoms with van der Waals surface area (Å²) in [6.07, 6.45) is 3.18. The van der Waals surface area contributed by atoms with Crippen molar-refractivity contribution < 1.29 is 0 Å². The lowest BCUT2D eigenvalue weighted by atomic mass is 9.97. The zero-order chi connectivity index (χ0) is 21.6. The summed E-state index contributed by atoms with van der Waals surface area (Å²) in [6.45, 7) is 9.74. The van der Waals surface area contributed by atoms with Gasteiger partial charge < -0.3 is 5.73 Å². The first-order valence-electron chi connectivity index (χ1n) is 9.83. The van der Waals surface area contributed by atoms with Crippen LogP contribution in [0.3, 0.4) is 0 Å². The SMILES string of the molecule is Cc1nn(C(C)c2cnn(C(C)(C)C)c(=O)c2-c2ccccc2)c2ncnc(N)c12. The van der Waals surface area contributed by atoms with Gasteiger partial charge >= 0.3 is 0 Å². The lowest BCUT2D eigenvalue weighted by Crippen LogP contribution is -2.37. The van der Waals surface area contributed by atoms with Crippen LogP contribution in [0.1, 0.15) is 45.0 Å². The van der Waals surface area contributed by atoms with Crippen molar-refractivity contribution in [3.05, 3.63) is 64.5 Å². The molecule has 4 rings (SSSR count). The van der Waals surface area contributed by atoms with Crippen molar-refractivity contribution in [2.75, 3.05) is 5.73 Å². The molecule has 4 aromatic rings. The minimum Gasteiger partial charge on any atom is -0.383 e. The highest BCUT2D eigenvalue weighted by atomic mass is 16.1. The van der Waals surface area contributed by atoms with Crippen LogP contribution in [-0.2, 0) is 5.54 Å². The normalized spacial score (nSPS) is 13.0. The Hall–Kier alpha value is -3.55. The van der Waals surface area contributed by atoms with Crippen molar-refractivity contribution in [2.45, 2.75) is 46.2 Å². The number of fused-ring (bicyclic) bond motifs is 1. The summed E-state index contributed by atoms with van der Waals surface area (Å²) >= 11 is 0. The maximum Gasteiger partial charge on any atom is 0.275 e. The summed E-state index contributed by atoms with van der Waals surface area (Å²) in [5, 5.41) is 9.88. The van der Waals surface area contributed by atoms with Crippen molar-refractivity contribution in [3.63, 3.8) is 0 Å². The van der Waals surface area contributed by atoms with Crippen LogP contribution in [0.2, 0.25) is 0 Å². The van der Waals surface area contributed by atoms with Gasteiger partial charge in [-0.15, -0.1) is 0 Å².